The van der Waals surface area contributed by atoms with Gasteiger partial charge in [-0.25, -0.2) is 0 Å². The molecule has 0 aliphatic heterocycles. The van der Waals surface area contributed by atoms with Crippen molar-refractivity contribution in [3.05, 3.63) is 0 Å². The lowest BCUT2D eigenvalue weighted by Crippen LogP contribution is -2.42. The molecule has 0 amide bonds. The van der Waals surface area contributed by atoms with Crippen molar-refractivity contribution in [1.82, 2.24) is 10.2 Å². The Labute approximate surface area is 120 Å². The first-order valence-corrected chi connectivity index (χ1v) is 8.14. The van der Waals surface area contributed by atoms with Crippen molar-refractivity contribution in [3.63, 3.8) is 0 Å². The van der Waals surface area contributed by atoms with Crippen LogP contribution < -0.4 is 5.32 Å². The van der Waals surface area contributed by atoms with E-state index in [0.717, 1.165) is 31.8 Å². The largest absolute Gasteiger partial charge is 0.380 e. The summed E-state index contributed by atoms with van der Waals surface area (Å²) in [5.41, 5.74) is 0. The minimum absolute atomic E-state index is 0.644. The Hall–Kier alpha value is -0.120. The normalized spacial score (nSPS) is 24.3. The van der Waals surface area contributed by atoms with Crippen LogP contribution in [-0.4, -0.2) is 50.3 Å². The minimum Gasteiger partial charge on any atom is -0.380 e. The van der Waals surface area contributed by atoms with E-state index in [1.807, 2.05) is 0 Å². The molecule has 0 saturated heterocycles. The summed E-state index contributed by atoms with van der Waals surface area (Å²) in [4.78, 5) is 2.50. The lowest BCUT2D eigenvalue weighted by molar-refractivity contribution is 0.0729. The van der Waals surface area contributed by atoms with Crippen molar-refractivity contribution in [2.75, 3.05) is 33.4 Å². The summed E-state index contributed by atoms with van der Waals surface area (Å²) in [7, 11) is 2.25. The summed E-state index contributed by atoms with van der Waals surface area (Å²) in [5, 5.41) is 3.65. The Bertz CT molecular complexity index is 213. The molecular formula is C16H34N2O. The quantitative estimate of drug-likeness (QED) is 0.652. The van der Waals surface area contributed by atoms with Gasteiger partial charge in [0.2, 0.25) is 0 Å². The van der Waals surface area contributed by atoms with Crippen LogP contribution in [0.1, 0.15) is 52.9 Å². The molecule has 19 heavy (non-hydrogen) atoms. The van der Waals surface area contributed by atoms with E-state index < -0.39 is 0 Å². The van der Waals surface area contributed by atoms with Gasteiger partial charge in [0.15, 0.2) is 0 Å². The van der Waals surface area contributed by atoms with Gasteiger partial charge in [0.05, 0.1) is 6.61 Å². The molecule has 0 aromatic rings. The van der Waals surface area contributed by atoms with Crippen molar-refractivity contribution >= 4 is 0 Å². The average molecular weight is 270 g/mol. The van der Waals surface area contributed by atoms with Crippen molar-refractivity contribution < 1.29 is 4.74 Å². The molecule has 1 fully saturated rings. The number of rotatable bonds is 9. The van der Waals surface area contributed by atoms with Crippen molar-refractivity contribution in [3.8, 4) is 0 Å². The van der Waals surface area contributed by atoms with Gasteiger partial charge >= 0.3 is 0 Å². The number of nitrogens with one attached hydrogen (secondary N) is 1. The lowest BCUT2D eigenvalue weighted by Gasteiger charge is -2.35. The predicted octanol–water partition coefficient (Wildman–Crippen LogP) is 2.90. The third kappa shape index (κ3) is 7.28. The zero-order valence-corrected chi connectivity index (χ0v) is 13.5. The molecule has 0 atom stereocenters. The highest BCUT2D eigenvalue weighted by Crippen LogP contribution is 2.22. The SMILES string of the molecule is CCCNC1CCC(N(C)CCOCC(C)C)CC1. The molecule has 3 nitrogen and oxygen atoms in total. The maximum atomic E-state index is 5.68. The van der Waals surface area contributed by atoms with Crippen LogP contribution in [0.3, 0.4) is 0 Å². The van der Waals surface area contributed by atoms with E-state index in [-0.39, 0.29) is 0 Å². The van der Waals surface area contributed by atoms with E-state index in [1.54, 1.807) is 0 Å². The maximum Gasteiger partial charge on any atom is 0.0593 e. The molecule has 114 valence electrons. The van der Waals surface area contributed by atoms with E-state index in [2.05, 4.69) is 38.0 Å². The minimum atomic E-state index is 0.644. The number of ether oxygens (including phenoxy) is 1. The molecule has 0 heterocycles. The Balaban J connectivity index is 2.09. The van der Waals surface area contributed by atoms with E-state index >= 15 is 0 Å². The van der Waals surface area contributed by atoms with Crippen LogP contribution in [-0.2, 0) is 4.74 Å². The fraction of sp³-hybridized carbons (Fsp3) is 1.00. The average Bonchev–Trinajstić information content (AvgIpc) is 2.41. The highest BCUT2D eigenvalue weighted by molar-refractivity contribution is 4.81. The highest BCUT2D eigenvalue weighted by atomic mass is 16.5. The summed E-state index contributed by atoms with van der Waals surface area (Å²) < 4.78 is 5.68. The Kier molecular flexibility index (Phi) is 8.67. The monoisotopic (exact) mass is 270 g/mol. The van der Waals surface area contributed by atoms with Gasteiger partial charge in [-0.1, -0.05) is 20.8 Å². The zero-order chi connectivity index (χ0) is 14.1. The van der Waals surface area contributed by atoms with Crippen molar-refractivity contribution in [2.45, 2.75) is 65.0 Å². The van der Waals surface area contributed by atoms with Gasteiger partial charge in [0, 0.05) is 25.2 Å². The number of likely N-dealkylation sites (N-methyl/N-ethyl adjacent to an activating group) is 1. The molecule has 1 saturated carbocycles. The first-order chi connectivity index (χ1) is 9.13. The van der Waals surface area contributed by atoms with Crippen LogP contribution in [0.4, 0.5) is 0 Å². The van der Waals surface area contributed by atoms with Crippen LogP contribution in [0.2, 0.25) is 0 Å². The second kappa shape index (κ2) is 9.73. The molecule has 0 radical (unpaired) electrons. The van der Waals surface area contributed by atoms with Gasteiger partial charge in [-0.2, -0.15) is 0 Å². The van der Waals surface area contributed by atoms with Gasteiger partial charge in [0.25, 0.3) is 0 Å². The summed E-state index contributed by atoms with van der Waals surface area (Å²) >= 11 is 0. The van der Waals surface area contributed by atoms with E-state index in [9.17, 15) is 0 Å². The summed E-state index contributed by atoms with van der Waals surface area (Å²) in [5.74, 6) is 0.644. The number of nitrogens with zero attached hydrogens (tertiary/aromatic N) is 1. The third-order valence-electron chi connectivity index (χ3n) is 4.04. The van der Waals surface area contributed by atoms with Gasteiger partial charge in [-0.3, -0.25) is 0 Å². The molecule has 0 spiro atoms. The molecule has 1 rings (SSSR count). The molecule has 0 unspecified atom stereocenters. The predicted molar refractivity (Wildman–Crippen MR) is 82.6 cm³/mol. The van der Waals surface area contributed by atoms with Crippen LogP contribution in [0.25, 0.3) is 0 Å². The van der Waals surface area contributed by atoms with Gasteiger partial charge in [-0.15, -0.1) is 0 Å². The molecule has 0 bridgehead atoms. The molecular weight excluding hydrogens is 236 g/mol. The number of hydrogen-bond acceptors (Lipinski definition) is 3. The molecule has 0 aromatic heterocycles. The topological polar surface area (TPSA) is 24.5 Å². The fourth-order valence-electron chi connectivity index (χ4n) is 2.78. The van der Waals surface area contributed by atoms with E-state index in [0.29, 0.717) is 5.92 Å². The third-order valence-corrected chi connectivity index (χ3v) is 4.04. The van der Waals surface area contributed by atoms with Crippen LogP contribution in [0.15, 0.2) is 0 Å². The summed E-state index contributed by atoms with van der Waals surface area (Å²) in [6.07, 6.45) is 6.58. The van der Waals surface area contributed by atoms with Gasteiger partial charge in [-0.05, 0) is 51.6 Å². The fourth-order valence-corrected chi connectivity index (χ4v) is 2.78. The van der Waals surface area contributed by atoms with Crippen LogP contribution in [0.5, 0.6) is 0 Å². The Morgan fingerprint density at radius 3 is 2.47 bits per heavy atom. The van der Waals surface area contributed by atoms with Crippen LogP contribution >= 0.6 is 0 Å². The maximum absolute atomic E-state index is 5.68. The molecule has 1 N–H and O–H groups in total. The second-order valence-corrected chi connectivity index (χ2v) is 6.41. The molecule has 1 aliphatic rings. The van der Waals surface area contributed by atoms with Gasteiger partial charge < -0.3 is 15.0 Å². The zero-order valence-electron chi connectivity index (χ0n) is 13.5. The Morgan fingerprint density at radius 2 is 1.89 bits per heavy atom. The molecule has 3 heteroatoms. The Morgan fingerprint density at radius 1 is 1.21 bits per heavy atom. The van der Waals surface area contributed by atoms with Crippen molar-refractivity contribution in [2.24, 2.45) is 5.92 Å². The van der Waals surface area contributed by atoms with Crippen LogP contribution in [0, 0.1) is 5.92 Å². The first-order valence-electron chi connectivity index (χ1n) is 8.14. The van der Waals surface area contributed by atoms with E-state index in [1.165, 1.54) is 38.6 Å². The summed E-state index contributed by atoms with van der Waals surface area (Å²) in [6.45, 7) is 10.7. The summed E-state index contributed by atoms with van der Waals surface area (Å²) in [6, 6.07) is 1.53. The standard InChI is InChI=1S/C16H34N2O/c1-5-10-17-15-6-8-16(9-7-15)18(4)11-12-19-13-14(2)3/h14-17H,5-13H2,1-4H3. The van der Waals surface area contributed by atoms with Crippen molar-refractivity contribution in [1.29, 1.82) is 0 Å². The smallest absolute Gasteiger partial charge is 0.0593 e. The van der Waals surface area contributed by atoms with E-state index in [4.69, 9.17) is 4.74 Å². The first kappa shape index (κ1) is 16.9. The second-order valence-electron chi connectivity index (χ2n) is 6.41. The molecule has 1 aliphatic carbocycles. The lowest BCUT2D eigenvalue weighted by atomic mass is 9.90. The highest BCUT2D eigenvalue weighted by Gasteiger charge is 2.23. The number of hydrogen-bond donors (Lipinski definition) is 1. The molecule has 0 aromatic carbocycles. The van der Waals surface area contributed by atoms with Gasteiger partial charge in [0.1, 0.15) is 0 Å².